The molecular formula is C55H33Br. The Morgan fingerprint density at radius 1 is 0.304 bits per heavy atom. The van der Waals surface area contributed by atoms with Crippen LogP contribution in [0.3, 0.4) is 0 Å². The van der Waals surface area contributed by atoms with Crippen molar-refractivity contribution < 1.29 is 0 Å². The van der Waals surface area contributed by atoms with E-state index in [0.717, 1.165) is 4.47 Å². The fourth-order valence-electron chi connectivity index (χ4n) is 11.0. The first-order valence-corrected chi connectivity index (χ1v) is 20.4. The van der Waals surface area contributed by atoms with E-state index in [2.05, 4.69) is 194 Å². The maximum Gasteiger partial charge on any atom is 0.0178 e. The van der Waals surface area contributed by atoms with Crippen molar-refractivity contribution in [2.75, 3.05) is 0 Å². The summed E-state index contributed by atoms with van der Waals surface area (Å²) >= 11 is 3.82. The van der Waals surface area contributed by atoms with Crippen LogP contribution in [-0.2, 0) is 5.41 Å². The van der Waals surface area contributed by atoms with Gasteiger partial charge in [-0.15, -0.1) is 0 Å². The molecule has 0 spiro atoms. The fraction of sp³-hybridized carbons (Fsp3) is 0.0545. The number of hydrogen-bond acceptors (Lipinski definition) is 0. The summed E-state index contributed by atoms with van der Waals surface area (Å²) in [5.41, 5.74) is 21.1. The van der Waals surface area contributed by atoms with E-state index in [4.69, 9.17) is 0 Å². The number of halogens is 1. The molecule has 3 aliphatic carbocycles. The number of benzene rings is 10. The normalized spacial score (nSPS) is 13.8. The number of rotatable bonds is 2. The predicted octanol–water partition coefficient (Wildman–Crippen LogP) is 16.0. The lowest BCUT2D eigenvalue weighted by Crippen LogP contribution is -2.15. The molecule has 0 saturated heterocycles. The second-order valence-corrected chi connectivity index (χ2v) is 17.3. The molecular weight excluding hydrogens is 741 g/mol. The molecule has 1 heteroatoms. The lowest BCUT2D eigenvalue weighted by Gasteiger charge is -2.24. The standard InChI is InChI=1S/C55H33Br/c1-55(2)49-27-30(56)21-22-35(49)46-28-47-48(29-50(46)55)54(45-26-24-43-34-14-6-4-12-32(34)37-18-10-20-41(45)52(37)43)39-16-8-7-15-38(39)53(47)44-25-23-42-33-13-5-3-11-31(33)36-17-9-19-40(44)51(36)42/h3-29H,1-2H3. The Morgan fingerprint density at radius 3 is 1.23 bits per heavy atom. The minimum Gasteiger partial charge on any atom is -0.0616 e. The highest BCUT2D eigenvalue weighted by Crippen LogP contribution is 2.57. The van der Waals surface area contributed by atoms with E-state index < -0.39 is 0 Å². The number of hydrogen-bond donors (Lipinski definition) is 0. The van der Waals surface area contributed by atoms with Crippen molar-refractivity contribution in [1.82, 2.24) is 0 Å². The van der Waals surface area contributed by atoms with Gasteiger partial charge in [-0.3, -0.25) is 0 Å². The van der Waals surface area contributed by atoms with Crippen molar-refractivity contribution in [3.63, 3.8) is 0 Å². The smallest absolute Gasteiger partial charge is 0.0178 e. The molecule has 10 aromatic carbocycles. The van der Waals surface area contributed by atoms with E-state index in [1.54, 1.807) is 0 Å². The van der Waals surface area contributed by atoms with Crippen LogP contribution in [0, 0.1) is 0 Å². The van der Waals surface area contributed by atoms with E-state index in [1.807, 2.05) is 0 Å². The zero-order valence-corrected chi connectivity index (χ0v) is 32.6. The van der Waals surface area contributed by atoms with Gasteiger partial charge in [0.2, 0.25) is 0 Å². The molecule has 0 N–H and O–H groups in total. The zero-order valence-electron chi connectivity index (χ0n) is 31.0. The van der Waals surface area contributed by atoms with Crippen molar-refractivity contribution in [2.45, 2.75) is 19.3 Å². The first-order valence-electron chi connectivity index (χ1n) is 19.6. The summed E-state index contributed by atoms with van der Waals surface area (Å²) in [6, 6.07) is 62.3. The second kappa shape index (κ2) is 10.7. The van der Waals surface area contributed by atoms with Gasteiger partial charge in [0.1, 0.15) is 0 Å². The zero-order chi connectivity index (χ0) is 37.0. The molecule has 0 aliphatic heterocycles. The van der Waals surface area contributed by atoms with Gasteiger partial charge in [0.05, 0.1) is 0 Å². The Bertz CT molecular complexity index is 3390. The highest BCUT2D eigenvalue weighted by Gasteiger charge is 2.37. The summed E-state index contributed by atoms with van der Waals surface area (Å²) in [5, 5.41) is 10.5. The summed E-state index contributed by atoms with van der Waals surface area (Å²) in [6.45, 7) is 4.80. The maximum absolute atomic E-state index is 3.82. The molecule has 0 bridgehead atoms. The van der Waals surface area contributed by atoms with Crippen LogP contribution in [0.2, 0.25) is 0 Å². The Labute approximate surface area is 333 Å². The van der Waals surface area contributed by atoms with Crippen molar-refractivity contribution in [3.8, 4) is 77.9 Å². The first kappa shape index (κ1) is 31.0. The Morgan fingerprint density at radius 2 is 0.696 bits per heavy atom. The molecule has 0 nitrogen and oxygen atoms in total. The van der Waals surface area contributed by atoms with Gasteiger partial charge in [-0.1, -0.05) is 169 Å². The van der Waals surface area contributed by atoms with Crippen molar-refractivity contribution in [1.29, 1.82) is 0 Å². The average molecular weight is 774 g/mol. The van der Waals surface area contributed by atoms with Gasteiger partial charge >= 0.3 is 0 Å². The van der Waals surface area contributed by atoms with Crippen LogP contribution in [0.25, 0.3) is 121 Å². The van der Waals surface area contributed by atoms with Crippen molar-refractivity contribution >= 4 is 59.0 Å². The molecule has 0 atom stereocenters. The molecule has 13 rings (SSSR count). The fourth-order valence-corrected chi connectivity index (χ4v) is 11.4. The SMILES string of the molecule is CC1(C)c2cc(Br)ccc2-c2cc3c(-c4ccc5c6c(cccc46)-c4ccccc4-5)c4ccccc4c(-c4ccc5c6c(cccc46)-c4ccccc4-5)c3cc21. The molecule has 0 amide bonds. The van der Waals surface area contributed by atoms with Crippen molar-refractivity contribution in [3.05, 3.63) is 179 Å². The molecule has 56 heavy (non-hydrogen) atoms. The van der Waals surface area contributed by atoms with Gasteiger partial charge in [0, 0.05) is 9.89 Å². The molecule has 0 saturated carbocycles. The van der Waals surface area contributed by atoms with Crippen molar-refractivity contribution in [2.24, 2.45) is 0 Å². The van der Waals surface area contributed by atoms with Crippen LogP contribution in [-0.4, -0.2) is 0 Å². The molecule has 260 valence electrons. The summed E-state index contributed by atoms with van der Waals surface area (Å²) in [6.07, 6.45) is 0. The van der Waals surface area contributed by atoms with Crippen LogP contribution >= 0.6 is 15.9 Å². The predicted molar refractivity (Wildman–Crippen MR) is 241 cm³/mol. The van der Waals surface area contributed by atoms with E-state index in [1.165, 1.54) is 132 Å². The van der Waals surface area contributed by atoms with Gasteiger partial charge in [0.25, 0.3) is 0 Å². The second-order valence-electron chi connectivity index (χ2n) is 16.4. The van der Waals surface area contributed by atoms with E-state index in [-0.39, 0.29) is 5.41 Å². The van der Waals surface area contributed by atoms with E-state index in [0.29, 0.717) is 0 Å². The highest BCUT2D eigenvalue weighted by molar-refractivity contribution is 9.10. The van der Waals surface area contributed by atoms with Crippen LogP contribution in [0.15, 0.2) is 168 Å². The van der Waals surface area contributed by atoms with E-state index >= 15 is 0 Å². The van der Waals surface area contributed by atoms with Gasteiger partial charge in [-0.25, -0.2) is 0 Å². The lowest BCUT2D eigenvalue weighted by molar-refractivity contribution is 0.661. The summed E-state index contributed by atoms with van der Waals surface area (Å²) in [7, 11) is 0. The van der Waals surface area contributed by atoms with Crippen LogP contribution in [0.1, 0.15) is 25.0 Å². The third kappa shape index (κ3) is 3.79. The topological polar surface area (TPSA) is 0 Å². The highest BCUT2D eigenvalue weighted by atomic mass is 79.9. The lowest BCUT2D eigenvalue weighted by atomic mass is 9.78. The number of fused-ring (bicyclic) bond motifs is 11. The third-order valence-corrected chi connectivity index (χ3v) is 13.9. The molecule has 0 fully saturated rings. The summed E-state index contributed by atoms with van der Waals surface area (Å²) in [5.74, 6) is 0. The van der Waals surface area contributed by atoms with E-state index in [9.17, 15) is 0 Å². The third-order valence-electron chi connectivity index (χ3n) is 13.4. The Kier molecular flexibility index (Phi) is 5.93. The quantitative estimate of drug-likeness (QED) is 0.154. The van der Waals surface area contributed by atoms with Crippen LogP contribution in [0.4, 0.5) is 0 Å². The summed E-state index contributed by atoms with van der Waals surface area (Å²) in [4.78, 5) is 0. The van der Waals surface area contributed by atoms with Gasteiger partial charge in [0.15, 0.2) is 0 Å². The first-order chi connectivity index (χ1) is 27.5. The van der Waals surface area contributed by atoms with Crippen LogP contribution in [0.5, 0.6) is 0 Å². The maximum atomic E-state index is 3.82. The molecule has 0 heterocycles. The summed E-state index contributed by atoms with van der Waals surface area (Å²) < 4.78 is 1.12. The molecule has 3 aliphatic rings. The molecule has 0 radical (unpaired) electrons. The molecule has 10 aromatic rings. The van der Waals surface area contributed by atoms with Gasteiger partial charge < -0.3 is 0 Å². The minimum atomic E-state index is -0.164. The van der Waals surface area contributed by atoms with Gasteiger partial charge in [-0.2, -0.15) is 0 Å². The monoisotopic (exact) mass is 772 g/mol. The Balaban J connectivity index is 1.20. The average Bonchev–Trinajstić information content (AvgIpc) is 3.82. The largest absolute Gasteiger partial charge is 0.0616 e. The Hall–Kier alpha value is -6.28. The minimum absolute atomic E-state index is 0.164. The molecule has 0 aromatic heterocycles. The van der Waals surface area contributed by atoms with Crippen LogP contribution < -0.4 is 0 Å². The van der Waals surface area contributed by atoms with Gasteiger partial charge in [-0.05, 0) is 156 Å². The molecule has 0 unspecified atom stereocenters.